The first kappa shape index (κ1) is 15.9. The number of hydrogen-bond acceptors (Lipinski definition) is 3. The van der Waals surface area contributed by atoms with Crippen LogP contribution in [0.25, 0.3) is 0 Å². The molecule has 0 spiro atoms. The first-order valence-corrected chi connectivity index (χ1v) is 7.74. The van der Waals surface area contributed by atoms with Gasteiger partial charge in [0.1, 0.15) is 0 Å². The Morgan fingerprint density at radius 2 is 1.84 bits per heavy atom. The lowest BCUT2D eigenvalue weighted by Gasteiger charge is -2.11. The quantitative estimate of drug-likeness (QED) is 0.636. The number of hydrogen-bond donors (Lipinski definition) is 1. The molecule has 1 amide bonds. The summed E-state index contributed by atoms with van der Waals surface area (Å²) in [6.45, 7) is 0.500. The van der Waals surface area contributed by atoms with E-state index in [4.69, 9.17) is 11.6 Å². The molecule has 0 unspecified atom stereocenters. The molecule has 1 rings (SSSR count). The predicted molar refractivity (Wildman–Crippen MR) is 75.0 cm³/mol. The summed E-state index contributed by atoms with van der Waals surface area (Å²) in [4.78, 5) is 11.9. The van der Waals surface area contributed by atoms with Crippen molar-refractivity contribution < 1.29 is 13.2 Å². The normalized spacial score (nSPS) is 11.6. The van der Waals surface area contributed by atoms with Crippen LogP contribution in [0.15, 0.2) is 29.2 Å². The zero-order valence-electron chi connectivity index (χ0n) is 10.9. The summed E-state index contributed by atoms with van der Waals surface area (Å²) in [5, 5.41) is 2.70. The number of nitrogens with one attached hydrogen (secondary N) is 1. The second-order valence-corrected chi connectivity index (χ2v) is 6.64. The minimum absolute atomic E-state index is 0.162. The average Bonchev–Trinajstić information content (AvgIpc) is 2.39. The molecule has 0 aliphatic carbocycles. The van der Waals surface area contributed by atoms with Gasteiger partial charge in [-0.05, 0) is 30.7 Å². The monoisotopic (exact) mass is 304 g/mol. The van der Waals surface area contributed by atoms with Crippen molar-refractivity contribution >= 4 is 27.5 Å². The molecule has 0 saturated heterocycles. The molecule has 19 heavy (non-hydrogen) atoms. The Bertz CT molecular complexity index is 526. The van der Waals surface area contributed by atoms with E-state index in [1.165, 1.54) is 38.4 Å². The van der Waals surface area contributed by atoms with Crippen molar-refractivity contribution in [1.82, 2.24) is 9.62 Å². The minimum atomic E-state index is -3.46. The van der Waals surface area contributed by atoms with E-state index in [0.717, 1.165) is 4.31 Å². The van der Waals surface area contributed by atoms with Gasteiger partial charge in [-0.25, -0.2) is 12.7 Å². The molecular formula is C12H17ClN2O3S. The molecule has 0 bridgehead atoms. The molecule has 1 aromatic carbocycles. The zero-order valence-corrected chi connectivity index (χ0v) is 12.5. The van der Waals surface area contributed by atoms with Gasteiger partial charge >= 0.3 is 0 Å². The third-order valence-corrected chi connectivity index (χ3v) is 4.59. The molecule has 0 atom stereocenters. The van der Waals surface area contributed by atoms with Crippen LogP contribution in [0.5, 0.6) is 0 Å². The van der Waals surface area contributed by atoms with Crippen molar-refractivity contribution in [2.24, 2.45) is 0 Å². The average molecular weight is 305 g/mol. The summed E-state index contributed by atoms with van der Waals surface area (Å²) >= 11 is 5.51. The number of rotatable bonds is 6. The van der Waals surface area contributed by atoms with Crippen LogP contribution < -0.4 is 5.32 Å². The second-order valence-electron chi connectivity index (χ2n) is 4.11. The highest BCUT2D eigenvalue weighted by Crippen LogP contribution is 2.13. The highest BCUT2D eigenvalue weighted by atomic mass is 35.5. The Morgan fingerprint density at radius 3 is 2.32 bits per heavy atom. The summed E-state index contributed by atoms with van der Waals surface area (Å²) < 4.78 is 24.8. The predicted octanol–water partition coefficient (Wildman–Crippen LogP) is 1.30. The van der Waals surface area contributed by atoms with Crippen LogP contribution in [0.1, 0.15) is 16.8 Å². The SMILES string of the molecule is CN(C)S(=O)(=O)c1ccc(C(=O)NCCCCl)cc1. The number of carbonyl (C=O) groups is 1. The lowest BCUT2D eigenvalue weighted by atomic mass is 10.2. The van der Waals surface area contributed by atoms with Gasteiger partial charge < -0.3 is 5.32 Å². The first-order valence-electron chi connectivity index (χ1n) is 5.76. The van der Waals surface area contributed by atoms with Gasteiger partial charge in [0.05, 0.1) is 4.90 Å². The van der Waals surface area contributed by atoms with Crippen LogP contribution in [0, 0.1) is 0 Å². The van der Waals surface area contributed by atoms with Gasteiger partial charge in [-0.3, -0.25) is 4.79 Å². The molecule has 1 aromatic rings. The van der Waals surface area contributed by atoms with Crippen molar-refractivity contribution in [3.8, 4) is 0 Å². The van der Waals surface area contributed by atoms with Crippen LogP contribution in [0.3, 0.4) is 0 Å². The van der Waals surface area contributed by atoms with Crippen molar-refractivity contribution in [3.63, 3.8) is 0 Å². The molecule has 1 N–H and O–H groups in total. The smallest absolute Gasteiger partial charge is 0.251 e. The Hall–Kier alpha value is -1.11. The highest BCUT2D eigenvalue weighted by Gasteiger charge is 2.17. The Labute approximate surface area is 118 Å². The van der Waals surface area contributed by atoms with Crippen LogP contribution in [0.4, 0.5) is 0 Å². The lowest BCUT2D eigenvalue weighted by molar-refractivity contribution is 0.0953. The van der Waals surface area contributed by atoms with Gasteiger partial charge in [-0.1, -0.05) is 0 Å². The molecule has 0 heterocycles. The van der Waals surface area contributed by atoms with Crippen LogP contribution >= 0.6 is 11.6 Å². The van der Waals surface area contributed by atoms with E-state index in [2.05, 4.69) is 5.32 Å². The number of carbonyl (C=O) groups excluding carboxylic acids is 1. The number of halogens is 1. The third kappa shape index (κ3) is 4.19. The molecule has 0 saturated carbocycles. The van der Waals surface area contributed by atoms with Crippen molar-refractivity contribution in [1.29, 1.82) is 0 Å². The summed E-state index contributed by atoms with van der Waals surface area (Å²) in [6.07, 6.45) is 0.695. The lowest BCUT2D eigenvalue weighted by Crippen LogP contribution is -2.25. The van der Waals surface area contributed by atoms with E-state index in [9.17, 15) is 13.2 Å². The van der Waals surface area contributed by atoms with Crippen molar-refractivity contribution in [3.05, 3.63) is 29.8 Å². The fourth-order valence-corrected chi connectivity index (χ4v) is 2.40. The van der Waals surface area contributed by atoms with E-state index >= 15 is 0 Å². The maximum Gasteiger partial charge on any atom is 0.251 e. The van der Waals surface area contributed by atoms with Gasteiger partial charge in [0.15, 0.2) is 0 Å². The topological polar surface area (TPSA) is 66.5 Å². The molecule has 0 aromatic heterocycles. The Balaban J connectivity index is 2.80. The number of sulfonamides is 1. The molecule has 0 fully saturated rings. The van der Waals surface area contributed by atoms with E-state index in [-0.39, 0.29) is 10.8 Å². The van der Waals surface area contributed by atoms with E-state index < -0.39 is 10.0 Å². The van der Waals surface area contributed by atoms with Gasteiger partial charge in [-0.2, -0.15) is 0 Å². The van der Waals surface area contributed by atoms with E-state index in [1.54, 1.807) is 0 Å². The largest absolute Gasteiger partial charge is 0.352 e. The summed E-state index contributed by atoms with van der Waals surface area (Å²) in [5.74, 6) is 0.249. The van der Waals surface area contributed by atoms with Gasteiger partial charge in [0.25, 0.3) is 5.91 Å². The minimum Gasteiger partial charge on any atom is -0.352 e. The first-order chi connectivity index (χ1) is 8.89. The fourth-order valence-electron chi connectivity index (χ4n) is 1.36. The Morgan fingerprint density at radius 1 is 1.26 bits per heavy atom. The highest BCUT2D eigenvalue weighted by molar-refractivity contribution is 7.89. The fraction of sp³-hybridized carbons (Fsp3) is 0.417. The molecular weight excluding hydrogens is 288 g/mol. The van der Waals surface area contributed by atoms with Crippen LogP contribution in [0.2, 0.25) is 0 Å². The van der Waals surface area contributed by atoms with Gasteiger partial charge in [0.2, 0.25) is 10.0 Å². The maximum absolute atomic E-state index is 11.8. The Kier molecular flexibility index (Phi) is 5.78. The van der Waals surface area contributed by atoms with E-state index in [0.29, 0.717) is 24.4 Å². The van der Waals surface area contributed by atoms with Crippen LogP contribution in [-0.4, -0.2) is 45.2 Å². The zero-order chi connectivity index (χ0) is 14.5. The van der Waals surface area contributed by atoms with E-state index in [1.807, 2.05) is 0 Å². The molecule has 5 nitrogen and oxygen atoms in total. The standard InChI is InChI=1S/C12H17ClN2O3S/c1-15(2)19(17,18)11-6-4-10(5-7-11)12(16)14-9-3-8-13/h4-7H,3,8-9H2,1-2H3,(H,14,16). The van der Waals surface area contributed by atoms with Gasteiger partial charge in [0, 0.05) is 32.1 Å². The second kappa shape index (κ2) is 6.88. The number of alkyl halides is 1. The van der Waals surface area contributed by atoms with Crippen molar-refractivity contribution in [2.45, 2.75) is 11.3 Å². The van der Waals surface area contributed by atoms with Crippen molar-refractivity contribution in [2.75, 3.05) is 26.5 Å². The maximum atomic E-state index is 11.8. The summed E-state index contributed by atoms with van der Waals surface area (Å²) in [6, 6.07) is 5.83. The molecule has 0 aliphatic rings. The van der Waals surface area contributed by atoms with Crippen LogP contribution in [-0.2, 0) is 10.0 Å². The molecule has 7 heteroatoms. The molecule has 106 valence electrons. The summed E-state index contributed by atoms with van der Waals surface area (Å²) in [5.41, 5.74) is 0.423. The molecule has 0 aliphatic heterocycles. The number of nitrogens with zero attached hydrogens (tertiary/aromatic N) is 1. The third-order valence-electron chi connectivity index (χ3n) is 2.49. The van der Waals surface area contributed by atoms with Gasteiger partial charge in [-0.15, -0.1) is 11.6 Å². The summed E-state index contributed by atoms with van der Waals surface area (Å²) in [7, 11) is -0.535. The number of amides is 1. The molecule has 0 radical (unpaired) electrons. The number of benzene rings is 1.